The van der Waals surface area contributed by atoms with Crippen LogP contribution in [-0.2, 0) is 6.42 Å². The molecule has 0 fully saturated rings. The molecule has 0 saturated heterocycles. The minimum atomic E-state index is 0.0707. The van der Waals surface area contributed by atoms with E-state index in [0.29, 0.717) is 0 Å². The van der Waals surface area contributed by atoms with E-state index in [9.17, 15) is 0 Å². The van der Waals surface area contributed by atoms with E-state index >= 15 is 0 Å². The van der Waals surface area contributed by atoms with E-state index < -0.39 is 0 Å². The Morgan fingerprint density at radius 3 is 1.88 bits per heavy atom. The second kappa shape index (κ2) is 8.64. The van der Waals surface area contributed by atoms with Crippen LogP contribution in [0.25, 0.3) is 11.1 Å². The highest BCUT2D eigenvalue weighted by Gasteiger charge is 2.40. The summed E-state index contributed by atoms with van der Waals surface area (Å²) >= 11 is 0. The molecule has 6 aromatic rings. The third-order valence-electron chi connectivity index (χ3n) is 8.57. The summed E-state index contributed by atoms with van der Waals surface area (Å²) in [6.07, 6.45) is 0.885. The van der Waals surface area contributed by atoms with Gasteiger partial charge in [-0.05, 0) is 70.1 Å². The van der Waals surface area contributed by atoms with Gasteiger partial charge in [0, 0.05) is 28.8 Å². The van der Waals surface area contributed by atoms with Gasteiger partial charge in [0.25, 0.3) is 6.71 Å². The van der Waals surface area contributed by atoms with E-state index in [1.807, 2.05) is 12.1 Å². The fourth-order valence-corrected chi connectivity index (χ4v) is 6.83. The van der Waals surface area contributed by atoms with Crippen LogP contribution in [0.5, 0.6) is 23.0 Å². The third kappa shape index (κ3) is 3.34. The van der Waals surface area contributed by atoms with Gasteiger partial charge >= 0.3 is 0 Å². The number of anilines is 3. The van der Waals surface area contributed by atoms with Crippen LogP contribution < -0.4 is 30.8 Å². The van der Waals surface area contributed by atoms with E-state index in [1.54, 1.807) is 0 Å². The van der Waals surface area contributed by atoms with Gasteiger partial charge in [-0.1, -0.05) is 91.0 Å². The highest BCUT2D eigenvalue weighted by molar-refractivity contribution is 6.98. The lowest BCUT2D eigenvalue weighted by Gasteiger charge is -2.36. The molecule has 6 aromatic carbocycles. The van der Waals surface area contributed by atoms with Crippen LogP contribution in [0.2, 0.25) is 0 Å². The molecule has 192 valence electrons. The van der Waals surface area contributed by atoms with Crippen molar-refractivity contribution in [3.8, 4) is 34.1 Å². The molecule has 0 aromatic heterocycles. The van der Waals surface area contributed by atoms with Crippen LogP contribution in [0.15, 0.2) is 133 Å². The number of benzene rings is 6. The monoisotopic (exact) mass is 525 g/mol. The summed E-state index contributed by atoms with van der Waals surface area (Å²) in [7, 11) is 0. The summed E-state index contributed by atoms with van der Waals surface area (Å²) in [5, 5.41) is 0. The molecule has 0 N–H and O–H groups in total. The van der Waals surface area contributed by atoms with Crippen molar-refractivity contribution >= 4 is 40.2 Å². The molecule has 3 aliphatic heterocycles. The van der Waals surface area contributed by atoms with Crippen LogP contribution in [0, 0.1) is 0 Å². The molecule has 0 aliphatic carbocycles. The van der Waals surface area contributed by atoms with Gasteiger partial charge in [-0.2, -0.15) is 0 Å². The van der Waals surface area contributed by atoms with E-state index in [4.69, 9.17) is 9.47 Å². The third-order valence-corrected chi connectivity index (χ3v) is 8.57. The van der Waals surface area contributed by atoms with Crippen molar-refractivity contribution in [2.24, 2.45) is 0 Å². The van der Waals surface area contributed by atoms with Gasteiger partial charge in [0.1, 0.15) is 23.0 Å². The SMILES string of the molecule is c1ccc(N2c3ccccc3Cc3cccc(-c4cc5c6c(c4)Oc4ccccc4B6c4ccccc4O5)c32)cc1. The van der Waals surface area contributed by atoms with Crippen molar-refractivity contribution in [1.82, 2.24) is 0 Å². The lowest BCUT2D eigenvalue weighted by molar-refractivity contribution is 0.465. The van der Waals surface area contributed by atoms with Crippen LogP contribution in [0.3, 0.4) is 0 Å². The van der Waals surface area contributed by atoms with Crippen molar-refractivity contribution in [3.63, 3.8) is 0 Å². The molecule has 3 heterocycles. The lowest BCUT2D eigenvalue weighted by atomic mass is 9.35. The van der Waals surface area contributed by atoms with Crippen molar-refractivity contribution in [1.29, 1.82) is 0 Å². The summed E-state index contributed by atoms with van der Waals surface area (Å²) in [6, 6.07) is 47.2. The maximum Gasteiger partial charge on any atom is 0.260 e. The molecule has 3 aliphatic rings. The standard InChI is InChI=1S/C37H24BNO2/c1-2-13-27(14-3-1)39-31-18-7-4-11-24(31)21-25-12-10-15-28(37(25)39)26-22-34-36-35(23-26)41-33-20-9-6-17-30(33)38(36)29-16-5-8-19-32(29)40-34/h1-20,22-23H,21H2. The molecule has 3 nitrogen and oxygen atoms in total. The summed E-state index contributed by atoms with van der Waals surface area (Å²) in [5.41, 5.74) is 11.9. The van der Waals surface area contributed by atoms with Crippen LogP contribution in [0.1, 0.15) is 11.1 Å². The van der Waals surface area contributed by atoms with Gasteiger partial charge in [-0.15, -0.1) is 0 Å². The number of nitrogens with zero attached hydrogens (tertiary/aromatic N) is 1. The zero-order valence-electron chi connectivity index (χ0n) is 22.2. The fourth-order valence-electron chi connectivity index (χ4n) is 6.83. The van der Waals surface area contributed by atoms with Crippen molar-refractivity contribution < 1.29 is 9.47 Å². The lowest BCUT2D eigenvalue weighted by Crippen LogP contribution is -2.57. The molecule has 0 atom stereocenters. The van der Waals surface area contributed by atoms with E-state index in [2.05, 4.69) is 126 Å². The minimum Gasteiger partial charge on any atom is -0.458 e. The second-order valence-corrected chi connectivity index (χ2v) is 10.9. The molecule has 41 heavy (non-hydrogen) atoms. The average molecular weight is 525 g/mol. The summed E-state index contributed by atoms with van der Waals surface area (Å²) in [6.45, 7) is 0.0707. The van der Waals surface area contributed by atoms with Gasteiger partial charge < -0.3 is 14.4 Å². The first-order chi connectivity index (χ1) is 20.3. The number of para-hydroxylation sites is 5. The van der Waals surface area contributed by atoms with E-state index in [0.717, 1.165) is 51.7 Å². The summed E-state index contributed by atoms with van der Waals surface area (Å²) in [4.78, 5) is 2.41. The number of hydrogen-bond acceptors (Lipinski definition) is 3. The quantitative estimate of drug-likeness (QED) is 0.219. The van der Waals surface area contributed by atoms with Gasteiger partial charge in [0.15, 0.2) is 0 Å². The zero-order chi connectivity index (χ0) is 26.9. The number of rotatable bonds is 2. The maximum atomic E-state index is 6.62. The number of fused-ring (bicyclic) bond motifs is 6. The first-order valence-corrected chi connectivity index (χ1v) is 14.1. The smallest absolute Gasteiger partial charge is 0.260 e. The first-order valence-electron chi connectivity index (χ1n) is 14.1. The minimum absolute atomic E-state index is 0.0707. The Morgan fingerprint density at radius 2 is 1.15 bits per heavy atom. The molecular formula is C37H24BNO2. The van der Waals surface area contributed by atoms with Crippen LogP contribution in [-0.4, -0.2) is 6.71 Å². The van der Waals surface area contributed by atoms with Gasteiger partial charge in [-0.25, -0.2) is 0 Å². The largest absolute Gasteiger partial charge is 0.458 e. The predicted octanol–water partition coefficient (Wildman–Crippen LogP) is 7.46. The summed E-state index contributed by atoms with van der Waals surface area (Å²) in [5.74, 6) is 3.52. The highest BCUT2D eigenvalue weighted by atomic mass is 16.5. The fraction of sp³-hybridized carbons (Fsp3) is 0.0270. The molecular weight excluding hydrogens is 501 g/mol. The van der Waals surface area contributed by atoms with Crippen molar-refractivity contribution in [3.05, 3.63) is 145 Å². The van der Waals surface area contributed by atoms with E-state index in [-0.39, 0.29) is 6.71 Å². The summed E-state index contributed by atoms with van der Waals surface area (Å²) < 4.78 is 13.2. The zero-order valence-corrected chi connectivity index (χ0v) is 22.2. The second-order valence-electron chi connectivity index (χ2n) is 10.9. The first kappa shape index (κ1) is 22.6. The Balaban J connectivity index is 1.28. The molecule has 0 bridgehead atoms. The Morgan fingerprint density at radius 1 is 0.537 bits per heavy atom. The Kier molecular flexibility index (Phi) is 4.76. The normalized spacial score (nSPS) is 13.6. The topological polar surface area (TPSA) is 21.7 Å². The van der Waals surface area contributed by atoms with Crippen molar-refractivity contribution in [2.75, 3.05) is 4.90 Å². The molecule has 0 saturated carbocycles. The molecule has 0 unspecified atom stereocenters. The highest BCUT2D eigenvalue weighted by Crippen LogP contribution is 2.49. The van der Waals surface area contributed by atoms with Gasteiger partial charge in [-0.3, -0.25) is 0 Å². The maximum absolute atomic E-state index is 6.62. The van der Waals surface area contributed by atoms with Crippen LogP contribution in [0.4, 0.5) is 17.1 Å². The molecule has 0 radical (unpaired) electrons. The molecule has 0 amide bonds. The molecule has 9 rings (SSSR count). The Hall–Kier alpha value is -5.22. The Bertz CT molecular complexity index is 1930. The van der Waals surface area contributed by atoms with E-state index in [1.165, 1.54) is 33.4 Å². The molecule has 0 spiro atoms. The Labute approximate surface area is 239 Å². The molecule has 4 heteroatoms. The van der Waals surface area contributed by atoms with Gasteiger partial charge in [0.05, 0.1) is 5.69 Å². The van der Waals surface area contributed by atoms with Crippen molar-refractivity contribution in [2.45, 2.75) is 6.42 Å². The van der Waals surface area contributed by atoms with Crippen LogP contribution >= 0.6 is 0 Å². The average Bonchev–Trinajstić information content (AvgIpc) is 3.03. The number of hydrogen-bond donors (Lipinski definition) is 0. The number of ether oxygens (including phenoxy) is 2. The predicted molar refractivity (Wildman–Crippen MR) is 167 cm³/mol. The van der Waals surface area contributed by atoms with Gasteiger partial charge in [0.2, 0.25) is 0 Å².